The maximum Gasteiger partial charge on any atom is 0.255 e. The van der Waals surface area contributed by atoms with Crippen molar-refractivity contribution >= 4 is 28.9 Å². The summed E-state index contributed by atoms with van der Waals surface area (Å²) in [7, 11) is 2.64. The van der Waals surface area contributed by atoms with Gasteiger partial charge < -0.3 is 15.2 Å². The summed E-state index contributed by atoms with van der Waals surface area (Å²) in [6.07, 6.45) is -1.67. The van der Waals surface area contributed by atoms with Gasteiger partial charge in [-0.05, 0) is 36.4 Å². The molecule has 3 aromatic rings. The molecule has 0 radical (unpaired) electrons. The highest BCUT2D eigenvalue weighted by Crippen LogP contribution is 2.39. The van der Waals surface area contributed by atoms with Crippen molar-refractivity contribution in [2.45, 2.75) is 6.23 Å². The van der Waals surface area contributed by atoms with Gasteiger partial charge in [-0.2, -0.15) is 0 Å². The van der Waals surface area contributed by atoms with Crippen LogP contribution < -0.4 is 15.1 Å². The number of hydrazine groups is 1. The van der Waals surface area contributed by atoms with E-state index in [4.69, 9.17) is 16.3 Å². The number of hydrogen-bond donors (Lipinski definition) is 2. The van der Waals surface area contributed by atoms with Gasteiger partial charge in [0.25, 0.3) is 5.91 Å². The van der Waals surface area contributed by atoms with E-state index in [9.17, 15) is 14.3 Å². The quantitative estimate of drug-likeness (QED) is 0.550. The first kappa shape index (κ1) is 23.5. The first-order valence-corrected chi connectivity index (χ1v) is 10.4. The van der Waals surface area contributed by atoms with Crippen molar-refractivity contribution in [2.75, 3.05) is 19.2 Å². The summed E-state index contributed by atoms with van der Waals surface area (Å²) < 4.78 is 49.6. The van der Waals surface area contributed by atoms with Crippen LogP contribution in [0.25, 0.3) is 5.70 Å². The zero-order valence-electron chi connectivity index (χ0n) is 18.0. The number of nitrogens with zero attached hydrogens (tertiary/aromatic N) is 2. The summed E-state index contributed by atoms with van der Waals surface area (Å²) in [6, 6.07) is 13.4. The van der Waals surface area contributed by atoms with Crippen molar-refractivity contribution in [3.8, 4) is 5.75 Å². The van der Waals surface area contributed by atoms with Gasteiger partial charge >= 0.3 is 0 Å². The molecule has 0 saturated carbocycles. The number of methoxy groups -OCH3 is 1. The zero-order chi connectivity index (χ0) is 24.6. The normalized spacial score (nSPS) is 15.7. The number of aliphatic hydroxyl groups is 1. The molecule has 0 fully saturated rings. The third-order valence-corrected chi connectivity index (χ3v) is 5.59. The van der Waals surface area contributed by atoms with Gasteiger partial charge in [-0.15, -0.1) is 0 Å². The molecule has 0 aromatic heterocycles. The summed E-state index contributed by atoms with van der Waals surface area (Å²) in [5, 5.41) is 16.3. The lowest BCUT2D eigenvalue weighted by Gasteiger charge is -2.32. The van der Waals surface area contributed by atoms with Gasteiger partial charge in [-0.3, -0.25) is 9.80 Å². The number of halogens is 4. The maximum atomic E-state index is 15.1. The fraction of sp³-hybridized carbons (Fsp3) is 0.125. The maximum absolute atomic E-state index is 15.1. The van der Waals surface area contributed by atoms with Crippen LogP contribution in [0.5, 0.6) is 5.75 Å². The Morgan fingerprint density at radius 3 is 2.24 bits per heavy atom. The summed E-state index contributed by atoms with van der Waals surface area (Å²) in [6.45, 7) is 0. The molecule has 0 bridgehead atoms. The fourth-order valence-electron chi connectivity index (χ4n) is 3.73. The Hall–Kier alpha value is -3.69. The van der Waals surface area contributed by atoms with E-state index >= 15 is 8.78 Å². The molecule has 3 aromatic carbocycles. The minimum atomic E-state index is -1.67. The highest BCUT2D eigenvalue weighted by Gasteiger charge is 2.41. The minimum absolute atomic E-state index is 0.0572. The lowest BCUT2D eigenvalue weighted by Crippen LogP contribution is -2.43. The van der Waals surface area contributed by atoms with Gasteiger partial charge in [0.1, 0.15) is 23.2 Å². The van der Waals surface area contributed by atoms with E-state index in [0.29, 0.717) is 5.02 Å². The Morgan fingerprint density at radius 2 is 1.65 bits per heavy atom. The highest BCUT2D eigenvalue weighted by molar-refractivity contribution is 6.30. The number of amides is 1. The van der Waals surface area contributed by atoms with Gasteiger partial charge in [0.2, 0.25) is 0 Å². The number of rotatable bonds is 5. The van der Waals surface area contributed by atoms with E-state index in [0.717, 1.165) is 17.1 Å². The van der Waals surface area contributed by atoms with E-state index in [1.54, 1.807) is 0 Å². The van der Waals surface area contributed by atoms with E-state index < -0.39 is 35.2 Å². The molecule has 4 rings (SSSR count). The van der Waals surface area contributed by atoms with Gasteiger partial charge in [-0.25, -0.2) is 18.2 Å². The van der Waals surface area contributed by atoms with Crippen molar-refractivity contribution < 1.29 is 27.8 Å². The molecule has 1 heterocycles. The van der Waals surface area contributed by atoms with Crippen LogP contribution in [-0.2, 0) is 0 Å². The number of ether oxygens (including phenoxy) is 1. The van der Waals surface area contributed by atoms with E-state index in [2.05, 4.69) is 5.32 Å². The highest BCUT2D eigenvalue weighted by atomic mass is 35.5. The van der Waals surface area contributed by atoms with Crippen molar-refractivity contribution in [1.82, 2.24) is 10.3 Å². The minimum Gasteiger partial charge on any atom is -0.497 e. The number of anilines is 1. The number of aliphatic hydroxyl groups excluding tert-OH is 1. The third-order valence-electron chi connectivity index (χ3n) is 5.33. The topological polar surface area (TPSA) is 65.0 Å². The molecule has 1 aliphatic rings. The number of nitrogens with one attached hydrogen (secondary N) is 1. The van der Waals surface area contributed by atoms with Gasteiger partial charge in [0.05, 0.1) is 29.8 Å². The average Bonchev–Trinajstić information content (AvgIpc) is 3.03. The van der Waals surface area contributed by atoms with Crippen LogP contribution in [-0.4, -0.2) is 36.4 Å². The Bertz CT molecular complexity index is 1260. The predicted molar refractivity (Wildman–Crippen MR) is 121 cm³/mol. The Morgan fingerprint density at radius 1 is 1.03 bits per heavy atom. The SMILES string of the molecule is COc1cc(F)c(C2=C(NC(=O)c3ccc(Cl)cc3)C(O)N(c3ccccc3F)N2C)c(F)c1. The standard InChI is InChI=1S/C24H19ClF3N3O3/c1-30-22(20-17(27)11-15(34-2)12-18(20)28)21(29-23(32)13-7-9-14(25)10-8-13)24(33)31(30)19-6-4-3-5-16(19)26/h3-12,24,33H,1-2H3,(H,29,32). The van der Waals surface area contributed by atoms with Crippen LogP contribution >= 0.6 is 11.6 Å². The van der Waals surface area contributed by atoms with Crippen molar-refractivity contribution in [3.05, 3.63) is 100.0 Å². The molecule has 176 valence electrons. The summed E-state index contributed by atoms with van der Waals surface area (Å²) >= 11 is 5.87. The zero-order valence-corrected chi connectivity index (χ0v) is 18.8. The molecular weight excluding hydrogens is 471 g/mol. The molecule has 1 amide bonds. The monoisotopic (exact) mass is 489 g/mol. The summed E-state index contributed by atoms with van der Waals surface area (Å²) in [5.74, 6) is -3.41. The van der Waals surface area contributed by atoms with Crippen LogP contribution in [0.3, 0.4) is 0 Å². The first-order valence-electron chi connectivity index (χ1n) is 10.0. The third kappa shape index (κ3) is 4.15. The predicted octanol–water partition coefficient (Wildman–Crippen LogP) is 4.55. The second-order valence-corrected chi connectivity index (χ2v) is 7.82. The van der Waals surface area contributed by atoms with Crippen LogP contribution in [0.2, 0.25) is 5.02 Å². The van der Waals surface area contributed by atoms with Crippen LogP contribution in [0.1, 0.15) is 15.9 Å². The number of carbonyl (C=O) groups excluding carboxylic acids is 1. The lowest BCUT2D eigenvalue weighted by molar-refractivity contribution is 0.0946. The van der Waals surface area contributed by atoms with Crippen molar-refractivity contribution in [1.29, 1.82) is 0 Å². The number of benzene rings is 3. The molecule has 0 aliphatic carbocycles. The van der Waals surface area contributed by atoms with Crippen LogP contribution in [0, 0.1) is 17.5 Å². The molecule has 0 spiro atoms. The average molecular weight is 490 g/mol. The molecule has 2 N–H and O–H groups in total. The Kier molecular flexibility index (Phi) is 6.41. The first-order chi connectivity index (χ1) is 16.2. The van der Waals surface area contributed by atoms with Gasteiger partial charge in [-0.1, -0.05) is 23.7 Å². The number of carbonyl (C=O) groups is 1. The van der Waals surface area contributed by atoms with Gasteiger partial charge in [0, 0.05) is 29.8 Å². The van der Waals surface area contributed by atoms with Crippen molar-refractivity contribution in [3.63, 3.8) is 0 Å². The Labute approximate surface area is 198 Å². The van der Waals surface area contributed by atoms with Crippen LogP contribution in [0.15, 0.2) is 66.4 Å². The van der Waals surface area contributed by atoms with E-state index in [1.807, 2.05) is 0 Å². The molecule has 10 heteroatoms. The molecule has 0 saturated heterocycles. The smallest absolute Gasteiger partial charge is 0.255 e. The largest absolute Gasteiger partial charge is 0.497 e. The number of para-hydroxylation sites is 1. The number of hydrogen-bond acceptors (Lipinski definition) is 5. The second kappa shape index (κ2) is 9.28. The summed E-state index contributed by atoms with van der Waals surface area (Å²) in [4.78, 5) is 12.9. The fourth-order valence-corrected chi connectivity index (χ4v) is 3.86. The molecule has 34 heavy (non-hydrogen) atoms. The van der Waals surface area contributed by atoms with Crippen molar-refractivity contribution in [2.24, 2.45) is 0 Å². The molecule has 6 nitrogen and oxygen atoms in total. The van der Waals surface area contributed by atoms with E-state index in [-0.39, 0.29) is 28.4 Å². The second-order valence-electron chi connectivity index (χ2n) is 7.38. The lowest BCUT2D eigenvalue weighted by atomic mass is 10.1. The Balaban J connectivity index is 1.86. The molecule has 1 atom stereocenters. The molecule has 1 unspecified atom stereocenters. The van der Waals surface area contributed by atoms with Crippen LogP contribution in [0.4, 0.5) is 18.9 Å². The molecule has 1 aliphatic heterocycles. The molecular formula is C24H19ClF3N3O3. The van der Waals surface area contributed by atoms with E-state index in [1.165, 1.54) is 67.7 Å². The van der Waals surface area contributed by atoms with Gasteiger partial charge in [0.15, 0.2) is 6.23 Å². The summed E-state index contributed by atoms with van der Waals surface area (Å²) in [5.41, 5.74) is -0.858.